The van der Waals surface area contributed by atoms with Crippen molar-refractivity contribution in [2.24, 2.45) is 0 Å². The summed E-state index contributed by atoms with van der Waals surface area (Å²) in [5, 5.41) is 10.5. The molecule has 5 heteroatoms. The first-order chi connectivity index (χ1) is 12.1. The van der Waals surface area contributed by atoms with E-state index in [9.17, 15) is 14.3 Å². The van der Waals surface area contributed by atoms with Gasteiger partial charge in [0.05, 0.1) is 12.6 Å². The molecule has 25 heavy (non-hydrogen) atoms. The summed E-state index contributed by atoms with van der Waals surface area (Å²) in [6, 6.07) is 13.5. The van der Waals surface area contributed by atoms with E-state index in [1.807, 2.05) is 24.3 Å². The Hall–Kier alpha value is -2.40. The van der Waals surface area contributed by atoms with Crippen molar-refractivity contribution in [3.8, 4) is 5.75 Å². The molecule has 1 amide bonds. The van der Waals surface area contributed by atoms with Crippen molar-refractivity contribution in [2.45, 2.75) is 30.9 Å². The van der Waals surface area contributed by atoms with Crippen molar-refractivity contribution in [1.29, 1.82) is 0 Å². The molecule has 1 aliphatic heterocycles. The highest BCUT2D eigenvalue weighted by Crippen LogP contribution is 2.38. The molecule has 1 N–H and O–H groups in total. The molecule has 0 bridgehead atoms. The highest BCUT2D eigenvalue weighted by Gasteiger charge is 2.40. The first kappa shape index (κ1) is 16.1. The molecule has 2 aromatic rings. The van der Waals surface area contributed by atoms with E-state index in [4.69, 9.17) is 4.74 Å². The molecule has 4 nitrogen and oxygen atoms in total. The summed E-state index contributed by atoms with van der Waals surface area (Å²) in [4.78, 5) is 14.9. The SMILES string of the molecule is O=C(C1COc2ccccc21)N(CC(O)c1ccc(F)cc1)C1CC1. The smallest absolute Gasteiger partial charge is 0.234 e. The van der Waals surface area contributed by atoms with Crippen molar-refractivity contribution in [2.75, 3.05) is 13.2 Å². The van der Waals surface area contributed by atoms with Crippen molar-refractivity contribution < 1.29 is 19.0 Å². The second-order valence-electron chi connectivity index (χ2n) is 6.69. The van der Waals surface area contributed by atoms with E-state index in [1.165, 1.54) is 12.1 Å². The van der Waals surface area contributed by atoms with Crippen LogP contribution in [-0.4, -0.2) is 35.1 Å². The Morgan fingerprint density at radius 3 is 2.64 bits per heavy atom. The maximum Gasteiger partial charge on any atom is 0.234 e. The van der Waals surface area contributed by atoms with Crippen LogP contribution in [0.25, 0.3) is 0 Å². The van der Waals surface area contributed by atoms with E-state index in [0.29, 0.717) is 12.2 Å². The molecular weight excluding hydrogens is 321 g/mol. The van der Waals surface area contributed by atoms with Crippen LogP contribution in [0, 0.1) is 5.82 Å². The Bertz CT molecular complexity index is 773. The zero-order valence-electron chi connectivity index (χ0n) is 13.8. The van der Waals surface area contributed by atoms with Gasteiger partial charge in [0, 0.05) is 11.6 Å². The van der Waals surface area contributed by atoms with E-state index >= 15 is 0 Å². The highest BCUT2D eigenvalue weighted by atomic mass is 19.1. The Kier molecular flexibility index (Phi) is 4.17. The Balaban J connectivity index is 1.52. The molecule has 1 saturated carbocycles. The van der Waals surface area contributed by atoms with E-state index in [0.717, 1.165) is 24.2 Å². The van der Waals surface area contributed by atoms with Crippen LogP contribution >= 0.6 is 0 Å². The summed E-state index contributed by atoms with van der Waals surface area (Å²) < 4.78 is 18.7. The minimum Gasteiger partial charge on any atom is -0.492 e. The van der Waals surface area contributed by atoms with E-state index < -0.39 is 6.10 Å². The first-order valence-corrected chi connectivity index (χ1v) is 8.59. The van der Waals surface area contributed by atoms with Crippen molar-refractivity contribution in [3.05, 3.63) is 65.5 Å². The standard InChI is InChI=1S/C20H20FNO3/c21-14-7-5-13(6-8-14)18(23)11-22(15-9-10-15)20(24)17-12-25-19-4-2-1-3-16(17)19/h1-8,15,17-18,23H,9-12H2. The zero-order valence-corrected chi connectivity index (χ0v) is 13.8. The quantitative estimate of drug-likeness (QED) is 0.909. The lowest BCUT2D eigenvalue weighted by Gasteiger charge is -2.27. The van der Waals surface area contributed by atoms with Gasteiger partial charge in [-0.05, 0) is 36.6 Å². The van der Waals surface area contributed by atoms with Gasteiger partial charge in [0.1, 0.15) is 24.1 Å². The third kappa shape index (κ3) is 3.24. The fourth-order valence-electron chi connectivity index (χ4n) is 3.35. The van der Waals surface area contributed by atoms with Gasteiger partial charge in [-0.25, -0.2) is 4.39 Å². The molecule has 0 spiro atoms. The second-order valence-corrected chi connectivity index (χ2v) is 6.69. The molecular formula is C20H20FNO3. The number of amides is 1. The highest BCUT2D eigenvalue weighted by molar-refractivity contribution is 5.86. The van der Waals surface area contributed by atoms with Crippen LogP contribution in [0.4, 0.5) is 4.39 Å². The number of hydrogen-bond donors (Lipinski definition) is 1. The fraction of sp³-hybridized carbons (Fsp3) is 0.350. The molecule has 2 atom stereocenters. The number of hydrogen-bond acceptors (Lipinski definition) is 3. The minimum absolute atomic E-state index is 0.00592. The predicted molar refractivity (Wildman–Crippen MR) is 90.8 cm³/mol. The average molecular weight is 341 g/mol. The number of halogens is 1. The monoisotopic (exact) mass is 341 g/mol. The van der Waals surface area contributed by atoms with Gasteiger partial charge < -0.3 is 14.7 Å². The van der Waals surface area contributed by atoms with Crippen molar-refractivity contribution in [3.63, 3.8) is 0 Å². The fourth-order valence-corrected chi connectivity index (χ4v) is 3.35. The van der Waals surface area contributed by atoms with Gasteiger partial charge in [0.2, 0.25) is 5.91 Å². The van der Waals surface area contributed by atoms with Crippen LogP contribution in [-0.2, 0) is 4.79 Å². The number of para-hydroxylation sites is 1. The lowest BCUT2D eigenvalue weighted by molar-refractivity contribution is -0.135. The number of rotatable bonds is 5. The average Bonchev–Trinajstić information content (AvgIpc) is 3.38. The van der Waals surface area contributed by atoms with Gasteiger partial charge in [-0.3, -0.25) is 4.79 Å². The van der Waals surface area contributed by atoms with Gasteiger partial charge in [-0.15, -0.1) is 0 Å². The molecule has 4 rings (SSSR count). The van der Waals surface area contributed by atoms with Crippen molar-refractivity contribution in [1.82, 2.24) is 4.90 Å². The molecule has 0 saturated heterocycles. The second kappa shape index (κ2) is 6.48. The Morgan fingerprint density at radius 2 is 1.92 bits per heavy atom. The van der Waals surface area contributed by atoms with Crippen LogP contribution in [0.3, 0.4) is 0 Å². The van der Waals surface area contributed by atoms with Gasteiger partial charge in [-0.1, -0.05) is 30.3 Å². The lowest BCUT2D eigenvalue weighted by atomic mass is 9.99. The van der Waals surface area contributed by atoms with Gasteiger partial charge in [0.25, 0.3) is 0 Å². The van der Waals surface area contributed by atoms with E-state index in [-0.39, 0.29) is 30.2 Å². The number of carbonyl (C=O) groups excluding carboxylic acids is 1. The number of ether oxygens (including phenoxy) is 1. The van der Waals surface area contributed by atoms with Crippen LogP contribution in [0.1, 0.15) is 36.0 Å². The topological polar surface area (TPSA) is 49.8 Å². The molecule has 1 fully saturated rings. The molecule has 1 aliphatic carbocycles. The van der Waals surface area contributed by atoms with Gasteiger partial charge in [0.15, 0.2) is 0 Å². The van der Waals surface area contributed by atoms with Crippen molar-refractivity contribution >= 4 is 5.91 Å². The van der Waals surface area contributed by atoms with E-state index in [1.54, 1.807) is 17.0 Å². The molecule has 2 aromatic carbocycles. The Labute approximate surface area is 145 Å². The molecule has 0 radical (unpaired) electrons. The maximum absolute atomic E-state index is 13.1. The zero-order chi connectivity index (χ0) is 17.4. The van der Waals surface area contributed by atoms with Crippen LogP contribution in [0.15, 0.2) is 48.5 Å². The van der Waals surface area contributed by atoms with Gasteiger partial charge in [-0.2, -0.15) is 0 Å². The normalized spacial score (nSPS) is 19.8. The summed E-state index contributed by atoms with van der Waals surface area (Å²) in [6.07, 6.45) is 1.08. The van der Waals surface area contributed by atoms with Crippen LogP contribution < -0.4 is 4.74 Å². The molecule has 2 aliphatic rings. The number of aliphatic hydroxyl groups excluding tert-OH is 1. The summed E-state index contributed by atoms with van der Waals surface area (Å²) in [5.74, 6) is 0.0901. The summed E-state index contributed by atoms with van der Waals surface area (Å²) in [7, 11) is 0. The Morgan fingerprint density at radius 1 is 1.20 bits per heavy atom. The third-order valence-corrected chi connectivity index (χ3v) is 4.89. The molecule has 0 aromatic heterocycles. The van der Waals surface area contributed by atoms with Crippen LogP contribution in [0.5, 0.6) is 5.75 Å². The first-order valence-electron chi connectivity index (χ1n) is 8.59. The van der Waals surface area contributed by atoms with Gasteiger partial charge >= 0.3 is 0 Å². The van der Waals surface area contributed by atoms with Crippen LogP contribution in [0.2, 0.25) is 0 Å². The maximum atomic E-state index is 13.1. The molecule has 1 heterocycles. The number of benzene rings is 2. The largest absolute Gasteiger partial charge is 0.492 e. The molecule has 2 unspecified atom stereocenters. The number of fused-ring (bicyclic) bond motifs is 1. The number of aliphatic hydroxyl groups is 1. The summed E-state index contributed by atoms with van der Waals surface area (Å²) in [6.45, 7) is 0.557. The minimum atomic E-state index is -0.831. The molecule has 130 valence electrons. The number of nitrogens with zero attached hydrogens (tertiary/aromatic N) is 1. The summed E-state index contributed by atoms with van der Waals surface area (Å²) in [5.41, 5.74) is 1.53. The number of carbonyl (C=O) groups is 1. The van der Waals surface area contributed by atoms with E-state index in [2.05, 4.69) is 0 Å². The lowest BCUT2D eigenvalue weighted by Crippen LogP contribution is -2.40. The predicted octanol–water partition coefficient (Wildman–Crippen LogP) is 3.03. The third-order valence-electron chi connectivity index (χ3n) is 4.89. The summed E-state index contributed by atoms with van der Waals surface area (Å²) >= 11 is 0.